The monoisotopic (exact) mass is 478 g/mol. The van der Waals surface area contributed by atoms with Crippen molar-refractivity contribution in [3.05, 3.63) is 82.3 Å². The molecule has 0 saturated carbocycles. The van der Waals surface area contributed by atoms with Crippen LogP contribution in [0, 0.1) is 19.8 Å². The van der Waals surface area contributed by atoms with Crippen LogP contribution in [0.25, 0.3) is 0 Å². The number of aryl methyl sites for hydroxylation is 2. The van der Waals surface area contributed by atoms with Gasteiger partial charge in [-0.2, -0.15) is 0 Å². The molecule has 0 bridgehead atoms. The summed E-state index contributed by atoms with van der Waals surface area (Å²) in [5.41, 5.74) is 3.67. The molecule has 5 nitrogen and oxygen atoms in total. The van der Waals surface area contributed by atoms with Crippen LogP contribution in [0.2, 0.25) is 0 Å². The van der Waals surface area contributed by atoms with Gasteiger partial charge in [-0.1, -0.05) is 28.1 Å². The molecule has 0 unspecified atom stereocenters. The third-order valence-electron chi connectivity index (χ3n) is 5.32. The van der Waals surface area contributed by atoms with E-state index in [1.165, 1.54) is 0 Å². The first-order valence-electron chi connectivity index (χ1n) is 10.1. The summed E-state index contributed by atoms with van der Waals surface area (Å²) in [5.74, 6) is 0.856. The van der Waals surface area contributed by atoms with Crippen molar-refractivity contribution in [2.24, 2.45) is 5.92 Å². The second-order valence-corrected chi connectivity index (χ2v) is 8.68. The number of hydrogen-bond donors (Lipinski definition) is 1. The van der Waals surface area contributed by atoms with E-state index in [2.05, 4.69) is 21.2 Å². The molecule has 1 fully saturated rings. The Balaban J connectivity index is 1.38. The van der Waals surface area contributed by atoms with Crippen LogP contribution < -0.4 is 15.0 Å². The quantitative estimate of drug-likeness (QED) is 0.500. The van der Waals surface area contributed by atoms with Crippen molar-refractivity contribution >= 4 is 39.1 Å². The maximum absolute atomic E-state index is 12.8. The first-order chi connectivity index (χ1) is 14.9. The molecular weight excluding hydrogens is 456 g/mol. The highest BCUT2D eigenvalue weighted by molar-refractivity contribution is 9.10. The summed E-state index contributed by atoms with van der Waals surface area (Å²) >= 11 is 3.40. The van der Waals surface area contributed by atoms with Crippen LogP contribution in [-0.2, 0) is 9.59 Å². The Hall–Kier alpha value is -3.12. The van der Waals surface area contributed by atoms with E-state index in [1.807, 2.05) is 56.3 Å². The van der Waals surface area contributed by atoms with Gasteiger partial charge in [0.1, 0.15) is 11.5 Å². The largest absolute Gasteiger partial charge is 0.457 e. The molecule has 0 radical (unpaired) electrons. The first-order valence-corrected chi connectivity index (χ1v) is 10.9. The first kappa shape index (κ1) is 21.1. The zero-order valence-corrected chi connectivity index (χ0v) is 19.0. The number of ether oxygens (including phenoxy) is 1. The highest BCUT2D eigenvalue weighted by Gasteiger charge is 2.35. The molecule has 1 N–H and O–H groups in total. The Kier molecular flexibility index (Phi) is 6.09. The number of carbonyl (C=O) groups excluding carboxylic acids is 2. The predicted octanol–water partition coefficient (Wildman–Crippen LogP) is 5.85. The lowest BCUT2D eigenvalue weighted by atomic mass is 10.1. The van der Waals surface area contributed by atoms with Crippen molar-refractivity contribution in [1.82, 2.24) is 0 Å². The fourth-order valence-electron chi connectivity index (χ4n) is 3.62. The van der Waals surface area contributed by atoms with Gasteiger partial charge in [-0.3, -0.25) is 9.59 Å². The maximum atomic E-state index is 12.8. The van der Waals surface area contributed by atoms with E-state index in [0.717, 1.165) is 27.0 Å². The summed E-state index contributed by atoms with van der Waals surface area (Å²) in [6, 6.07) is 20.8. The normalized spacial score (nSPS) is 15.8. The molecule has 1 aliphatic rings. The van der Waals surface area contributed by atoms with Crippen LogP contribution in [0.1, 0.15) is 17.5 Å². The predicted molar refractivity (Wildman–Crippen MR) is 126 cm³/mol. The standard InChI is InChI=1S/C25H23BrN2O3/c1-16-3-4-17(2)23(13-16)28-15-18(14-24(28)29)25(30)27-20-7-11-22(12-8-20)31-21-9-5-19(26)6-10-21/h3-13,18H,14-15H2,1-2H3,(H,27,30)/t18-/m0/s1. The zero-order chi connectivity index (χ0) is 22.0. The number of nitrogens with one attached hydrogen (secondary N) is 1. The fourth-order valence-corrected chi connectivity index (χ4v) is 3.88. The van der Waals surface area contributed by atoms with Crippen LogP contribution in [0.15, 0.2) is 71.2 Å². The van der Waals surface area contributed by atoms with Crippen molar-refractivity contribution in [2.75, 3.05) is 16.8 Å². The lowest BCUT2D eigenvalue weighted by Crippen LogP contribution is -2.28. The van der Waals surface area contributed by atoms with Crippen molar-refractivity contribution in [3.8, 4) is 11.5 Å². The van der Waals surface area contributed by atoms with Gasteiger partial charge >= 0.3 is 0 Å². The van der Waals surface area contributed by atoms with Gasteiger partial charge in [-0.25, -0.2) is 0 Å². The van der Waals surface area contributed by atoms with Crippen LogP contribution in [0.5, 0.6) is 11.5 Å². The van der Waals surface area contributed by atoms with Crippen molar-refractivity contribution in [3.63, 3.8) is 0 Å². The fraction of sp³-hybridized carbons (Fsp3) is 0.200. The van der Waals surface area contributed by atoms with Crippen molar-refractivity contribution in [1.29, 1.82) is 0 Å². The number of rotatable bonds is 5. The SMILES string of the molecule is Cc1ccc(C)c(N2C[C@@H](C(=O)Nc3ccc(Oc4ccc(Br)cc4)cc3)CC2=O)c1. The second-order valence-electron chi connectivity index (χ2n) is 7.76. The smallest absolute Gasteiger partial charge is 0.229 e. The number of hydrogen-bond acceptors (Lipinski definition) is 3. The van der Waals surface area contributed by atoms with Gasteiger partial charge in [-0.15, -0.1) is 0 Å². The van der Waals surface area contributed by atoms with Gasteiger partial charge in [0, 0.05) is 28.8 Å². The lowest BCUT2D eigenvalue weighted by Gasteiger charge is -2.19. The lowest BCUT2D eigenvalue weighted by molar-refractivity contribution is -0.122. The molecular formula is C25H23BrN2O3. The van der Waals surface area contributed by atoms with Gasteiger partial charge < -0.3 is 15.0 Å². The molecule has 1 aliphatic heterocycles. The van der Waals surface area contributed by atoms with Gasteiger partial charge in [0.15, 0.2) is 0 Å². The van der Waals surface area contributed by atoms with Gasteiger partial charge in [0.2, 0.25) is 11.8 Å². The number of halogens is 1. The summed E-state index contributed by atoms with van der Waals surface area (Å²) < 4.78 is 6.79. The van der Waals surface area contributed by atoms with Gasteiger partial charge in [0.05, 0.1) is 5.92 Å². The molecule has 3 aromatic rings. The number of benzene rings is 3. The zero-order valence-electron chi connectivity index (χ0n) is 17.4. The van der Waals surface area contributed by atoms with Crippen molar-refractivity contribution < 1.29 is 14.3 Å². The van der Waals surface area contributed by atoms with E-state index < -0.39 is 0 Å². The van der Waals surface area contributed by atoms with Crippen LogP contribution >= 0.6 is 15.9 Å². The Morgan fingerprint density at radius 3 is 2.32 bits per heavy atom. The van der Waals surface area contributed by atoms with Gasteiger partial charge in [0.25, 0.3) is 0 Å². The summed E-state index contributed by atoms with van der Waals surface area (Å²) in [4.78, 5) is 27.1. The van der Waals surface area contributed by atoms with E-state index >= 15 is 0 Å². The van der Waals surface area contributed by atoms with E-state index in [4.69, 9.17) is 4.74 Å². The highest BCUT2D eigenvalue weighted by Crippen LogP contribution is 2.30. The van der Waals surface area contributed by atoms with E-state index in [-0.39, 0.29) is 24.2 Å². The van der Waals surface area contributed by atoms with Gasteiger partial charge in [-0.05, 0) is 79.6 Å². The second kappa shape index (κ2) is 8.94. The molecule has 1 atom stereocenters. The Morgan fingerprint density at radius 1 is 1.00 bits per heavy atom. The Morgan fingerprint density at radius 2 is 1.65 bits per heavy atom. The number of anilines is 2. The molecule has 6 heteroatoms. The summed E-state index contributed by atoms with van der Waals surface area (Å²) in [7, 11) is 0. The highest BCUT2D eigenvalue weighted by atomic mass is 79.9. The minimum atomic E-state index is -0.383. The van der Waals surface area contributed by atoms with Crippen LogP contribution in [0.4, 0.5) is 11.4 Å². The van der Waals surface area contributed by atoms with Crippen molar-refractivity contribution in [2.45, 2.75) is 20.3 Å². The topological polar surface area (TPSA) is 58.6 Å². The molecule has 4 rings (SSSR count). The molecule has 0 aromatic heterocycles. The molecule has 1 saturated heterocycles. The molecule has 0 spiro atoms. The van der Waals surface area contributed by atoms with Crippen LogP contribution in [-0.4, -0.2) is 18.4 Å². The number of amides is 2. The minimum Gasteiger partial charge on any atom is -0.457 e. The molecule has 3 aromatic carbocycles. The van der Waals surface area contributed by atoms with E-state index in [1.54, 1.807) is 29.2 Å². The molecule has 1 heterocycles. The summed E-state index contributed by atoms with van der Waals surface area (Å²) in [6.45, 7) is 4.37. The van der Waals surface area contributed by atoms with Crippen LogP contribution in [0.3, 0.4) is 0 Å². The minimum absolute atomic E-state index is 0.0212. The summed E-state index contributed by atoms with van der Waals surface area (Å²) in [5, 5.41) is 2.92. The Bertz CT molecular complexity index is 1110. The average molecular weight is 479 g/mol. The average Bonchev–Trinajstić information content (AvgIpc) is 3.14. The third-order valence-corrected chi connectivity index (χ3v) is 5.85. The van der Waals surface area contributed by atoms with E-state index in [9.17, 15) is 9.59 Å². The molecule has 2 amide bonds. The maximum Gasteiger partial charge on any atom is 0.229 e. The molecule has 31 heavy (non-hydrogen) atoms. The number of nitrogens with zero attached hydrogens (tertiary/aromatic N) is 1. The summed E-state index contributed by atoms with van der Waals surface area (Å²) in [6.07, 6.45) is 0.212. The molecule has 0 aliphatic carbocycles. The number of carbonyl (C=O) groups is 2. The third kappa shape index (κ3) is 4.97. The Labute approximate surface area is 190 Å². The molecule has 158 valence electrons. The van der Waals surface area contributed by atoms with E-state index in [0.29, 0.717) is 18.0 Å².